The summed E-state index contributed by atoms with van der Waals surface area (Å²) in [5.74, 6) is 0.107. The highest BCUT2D eigenvalue weighted by molar-refractivity contribution is 5.76. The Morgan fingerprint density at radius 3 is 3.10 bits per heavy atom. The molecule has 3 nitrogen and oxygen atoms in total. The fourth-order valence-corrected chi connectivity index (χ4v) is 1.17. The molecule has 1 N–H and O–H groups in total. The van der Waals surface area contributed by atoms with Crippen LogP contribution in [0.25, 0.3) is 0 Å². The Bertz CT molecular complexity index is 119. The Labute approximate surface area is 61.2 Å². The molecule has 0 spiro atoms. The van der Waals surface area contributed by atoms with E-state index in [2.05, 4.69) is 10.6 Å². The zero-order valence-corrected chi connectivity index (χ0v) is 6.26. The number of carbonyl (C=O) groups is 1. The average Bonchev–Trinajstić information content (AvgIpc) is 2.40. The van der Waals surface area contributed by atoms with Crippen molar-refractivity contribution in [2.75, 3.05) is 13.6 Å². The zero-order valence-electron chi connectivity index (χ0n) is 6.26. The maximum absolute atomic E-state index is 10.8. The fourth-order valence-electron chi connectivity index (χ4n) is 1.17. The molecule has 0 aromatic rings. The summed E-state index contributed by atoms with van der Waals surface area (Å²) in [7, 11) is 1.66. The first kappa shape index (κ1) is 7.54. The maximum Gasteiger partial charge on any atom is 0.221 e. The number of nitrogens with one attached hydrogen (secondary N) is 1. The molecule has 1 aliphatic rings. The van der Waals surface area contributed by atoms with Crippen LogP contribution >= 0.6 is 0 Å². The highest BCUT2D eigenvalue weighted by Crippen LogP contribution is 2.09. The first-order valence-corrected chi connectivity index (χ1v) is 3.70. The van der Waals surface area contributed by atoms with Crippen molar-refractivity contribution in [3.63, 3.8) is 0 Å². The SMILES string of the molecule is CNC(=O)CC1CCC[N]1. The van der Waals surface area contributed by atoms with Gasteiger partial charge in [-0.2, -0.15) is 0 Å². The van der Waals surface area contributed by atoms with E-state index < -0.39 is 0 Å². The quantitative estimate of drug-likeness (QED) is 0.573. The first-order valence-electron chi connectivity index (χ1n) is 3.70. The molecule has 3 heteroatoms. The molecule has 1 saturated heterocycles. The molecule has 1 rings (SSSR count). The van der Waals surface area contributed by atoms with E-state index in [1.807, 2.05) is 0 Å². The summed E-state index contributed by atoms with van der Waals surface area (Å²) in [5.41, 5.74) is 0. The molecule has 1 fully saturated rings. The lowest BCUT2D eigenvalue weighted by molar-refractivity contribution is -0.121. The van der Waals surface area contributed by atoms with Gasteiger partial charge in [-0.05, 0) is 12.8 Å². The van der Waals surface area contributed by atoms with Gasteiger partial charge in [0.25, 0.3) is 0 Å². The van der Waals surface area contributed by atoms with Gasteiger partial charge in [0.1, 0.15) is 0 Å². The number of amides is 1. The minimum atomic E-state index is 0.107. The van der Waals surface area contributed by atoms with E-state index in [4.69, 9.17) is 0 Å². The van der Waals surface area contributed by atoms with Gasteiger partial charge in [-0.25, -0.2) is 5.32 Å². The fraction of sp³-hybridized carbons (Fsp3) is 0.857. The second kappa shape index (κ2) is 3.56. The van der Waals surface area contributed by atoms with Crippen LogP contribution in [-0.2, 0) is 4.79 Å². The number of nitrogens with zero attached hydrogens (tertiary/aromatic N) is 1. The molecule has 1 aliphatic heterocycles. The average molecular weight is 141 g/mol. The van der Waals surface area contributed by atoms with Crippen LogP contribution in [0.5, 0.6) is 0 Å². The van der Waals surface area contributed by atoms with Gasteiger partial charge >= 0.3 is 0 Å². The minimum Gasteiger partial charge on any atom is -0.359 e. The highest BCUT2D eigenvalue weighted by atomic mass is 16.1. The normalized spacial score (nSPS) is 24.7. The second-order valence-corrected chi connectivity index (χ2v) is 2.58. The first-order chi connectivity index (χ1) is 4.83. The van der Waals surface area contributed by atoms with Crippen LogP contribution in [0, 0.1) is 0 Å². The van der Waals surface area contributed by atoms with Crippen LogP contribution in [0.1, 0.15) is 19.3 Å². The summed E-state index contributed by atoms with van der Waals surface area (Å²) in [5, 5.41) is 6.86. The summed E-state index contributed by atoms with van der Waals surface area (Å²) in [4.78, 5) is 10.8. The third kappa shape index (κ3) is 1.99. The maximum atomic E-state index is 10.8. The van der Waals surface area contributed by atoms with E-state index >= 15 is 0 Å². The Hall–Kier alpha value is -0.570. The van der Waals surface area contributed by atoms with Gasteiger partial charge in [-0.1, -0.05) is 0 Å². The van der Waals surface area contributed by atoms with E-state index in [1.54, 1.807) is 7.05 Å². The van der Waals surface area contributed by atoms with Crippen molar-refractivity contribution < 1.29 is 4.79 Å². The van der Waals surface area contributed by atoms with Gasteiger partial charge < -0.3 is 5.32 Å². The number of hydrogen-bond donors (Lipinski definition) is 1. The highest BCUT2D eigenvalue weighted by Gasteiger charge is 2.17. The van der Waals surface area contributed by atoms with Gasteiger partial charge in [0.2, 0.25) is 5.91 Å². The Morgan fingerprint density at radius 2 is 2.60 bits per heavy atom. The minimum absolute atomic E-state index is 0.107. The molecule has 0 aromatic carbocycles. The standard InChI is InChI=1S/C7H13N2O/c1-8-7(10)5-6-3-2-4-9-6/h6H,2-5H2,1H3,(H,8,10). The van der Waals surface area contributed by atoms with Crippen LogP contribution in [0.4, 0.5) is 0 Å². The molecule has 1 unspecified atom stereocenters. The van der Waals surface area contributed by atoms with Crippen LogP contribution in [0.3, 0.4) is 0 Å². The lowest BCUT2D eigenvalue weighted by Gasteiger charge is -2.05. The van der Waals surface area contributed by atoms with Crippen LogP contribution in [-0.4, -0.2) is 25.5 Å². The molecule has 0 bridgehead atoms. The Morgan fingerprint density at radius 1 is 1.80 bits per heavy atom. The van der Waals surface area contributed by atoms with Gasteiger partial charge in [-0.3, -0.25) is 4.79 Å². The Balaban J connectivity index is 2.17. The van der Waals surface area contributed by atoms with Crippen molar-refractivity contribution in [3.05, 3.63) is 0 Å². The van der Waals surface area contributed by atoms with E-state index in [0.29, 0.717) is 12.5 Å². The molecule has 0 aliphatic carbocycles. The largest absolute Gasteiger partial charge is 0.359 e. The molecule has 10 heavy (non-hydrogen) atoms. The summed E-state index contributed by atoms with van der Waals surface area (Å²) in [6, 6.07) is 0.306. The van der Waals surface area contributed by atoms with E-state index in [1.165, 1.54) is 0 Å². The van der Waals surface area contributed by atoms with E-state index in [0.717, 1.165) is 19.4 Å². The third-order valence-corrected chi connectivity index (χ3v) is 1.78. The van der Waals surface area contributed by atoms with E-state index in [-0.39, 0.29) is 5.91 Å². The second-order valence-electron chi connectivity index (χ2n) is 2.58. The number of rotatable bonds is 2. The molecule has 1 heterocycles. The summed E-state index contributed by atoms with van der Waals surface area (Å²) >= 11 is 0. The van der Waals surface area contributed by atoms with Gasteiger partial charge in [0, 0.05) is 26.1 Å². The summed E-state index contributed by atoms with van der Waals surface area (Å²) in [6.45, 7) is 0.946. The number of carbonyl (C=O) groups excluding carboxylic acids is 1. The molecular formula is C7H13N2O. The molecule has 0 aromatic heterocycles. The predicted octanol–water partition coefficient (Wildman–Crippen LogP) is -0.111. The van der Waals surface area contributed by atoms with Gasteiger partial charge in [0.05, 0.1) is 0 Å². The lowest BCUT2D eigenvalue weighted by atomic mass is 10.1. The summed E-state index contributed by atoms with van der Waals surface area (Å²) in [6.07, 6.45) is 2.82. The van der Waals surface area contributed by atoms with Crippen molar-refractivity contribution in [1.29, 1.82) is 0 Å². The molecule has 0 saturated carbocycles. The van der Waals surface area contributed by atoms with Crippen LogP contribution in [0.2, 0.25) is 0 Å². The predicted molar refractivity (Wildman–Crippen MR) is 38.7 cm³/mol. The molecule has 1 atom stereocenters. The third-order valence-electron chi connectivity index (χ3n) is 1.78. The Kier molecular flexibility index (Phi) is 2.68. The topological polar surface area (TPSA) is 43.2 Å². The van der Waals surface area contributed by atoms with Crippen molar-refractivity contribution >= 4 is 5.91 Å². The van der Waals surface area contributed by atoms with Crippen molar-refractivity contribution in [3.8, 4) is 0 Å². The van der Waals surface area contributed by atoms with Crippen molar-refractivity contribution in [2.24, 2.45) is 0 Å². The van der Waals surface area contributed by atoms with Crippen molar-refractivity contribution in [2.45, 2.75) is 25.3 Å². The monoisotopic (exact) mass is 141 g/mol. The smallest absolute Gasteiger partial charge is 0.221 e. The molecule has 1 radical (unpaired) electrons. The van der Waals surface area contributed by atoms with Crippen LogP contribution < -0.4 is 10.6 Å². The molecule has 57 valence electrons. The molecular weight excluding hydrogens is 128 g/mol. The molecule has 1 amide bonds. The lowest BCUT2D eigenvalue weighted by Crippen LogP contribution is -2.26. The van der Waals surface area contributed by atoms with Crippen molar-refractivity contribution in [1.82, 2.24) is 10.6 Å². The zero-order chi connectivity index (χ0) is 7.40. The van der Waals surface area contributed by atoms with Crippen LogP contribution in [0.15, 0.2) is 0 Å². The number of hydrogen-bond acceptors (Lipinski definition) is 1. The van der Waals surface area contributed by atoms with Gasteiger partial charge in [-0.15, -0.1) is 0 Å². The summed E-state index contributed by atoms with van der Waals surface area (Å²) < 4.78 is 0. The van der Waals surface area contributed by atoms with Gasteiger partial charge in [0.15, 0.2) is 0 Å². The van der Waals surface area contributed by atoms with E-state index in [9.17, 15) is 4.79 Å².